The minimum Gasteiger partial charge on any atom is -0.490 e. The molecule has 9 nitrogen and oxygen atoms in total. The van der Waals surface area contributed by atoms with Gasteiger partial charge in [0.2, 0.25) is 5.88 Å². The molecule has 0 radical (unpaired) electrons. The van der Waals surface area contributed by atoms with E-state index < -0.39 is 0 Å². The molecular weight excluding hydrogens is 396 g/mol. The molecule has 2 N–H and O–H groups in total. The summed E-state index contributed by atoms with van der Waals surface area (Å²) >= 11 is 0. The maximum absolute atomic E-state index is 13.0. The summed E-state index contributed by atoms with van der Waals surface area (Å²) in [5.74, 6) is 1.62. The molecule has 1 fully saturated rings. The van der Waals surface area contributed by atoms with Gasteiger partial charge < -0.3 is 25.0 Å². The van der Waals surface area contributed by atoms with Crippen molar-refractivity contribution in [3.8, 4) is 17.7 Å². The van der Waals surface area contributed by atoms with Gasteiger partial charge in [0.1, 0.15) is 29.8 Å². The van der Waals surface area contributed by atoms with Crippen molar-refractivity contribution in [3.63, 3.8) is 0 Å². The van der Waals surface area contributed by atoms with Crippen molar-refractivity contribution in [3.05, 3.63) is 41.3 Å². The van der Waals surface area contributed by atoms with Crippen LogP contribution in [0.2, 0.25) is 0 Å². The Kier molecular flexibility index (Phi) is 7.26. The maximum atomic E-state index is 13.0. The minimum atomic E-state index is -0.0433. The van der Waals surface area contributed by atoms with Gasteiger partial charge in [0.25, 0.3) is 5.91 Å². The predicted octanol–water partition coefficient (Wildman–Crippen LogP) is 1.58. The molecule has 1 aromatic heterocycles. The quantitative estimate of drug-likeness (QED) is 0.635. The standard InChI is InChI=1S/C22H28N6O3/c1-27(2)8-9-31-19-11-16(4-5-18(19)24)22(29)28-7-6-15(14-28)10-20-25-13-17(12-23)21(26-20)30-3/h4-5,11,13,15H,6-10,14,24H2,1-3H3/t15-/m0/s1. The number of nitrogens with zero attached hydrogens (tertiary/aromatic N) is 5. The molecule has 1 atom stereocenters. The summed E-state index contributed by atoms with van der Waals surface area (Å²) in [6, 6.07) is 7.17. The lowest BCUT2D eigenvalue weighted by atomic mass is 10.0. The number of ether oxygens (including phenoxy) is 2. The zero-order chi connectivity index (χ0) is 22.4. The molecule has 1 amide bonds. The Bertz CT molecular complexity index is 972. The van der Waals surface area contributed by atoms with Crippen LogP contribution in [0.5, 0.6) is 11.6 Å². The van der Waals surface area contributed by atoms with E-state index in [1.807, 2.05) is 30.0 Å². The molecule has 1 aliphatic heterocycles. The lowest BCUT2D eigenvalue weighted by Gasteiger charge is -2.18. The van der Waals surface area contributed by atoms with Gasteiger partial charge in [-0.1, -0.05) is 0 Å². The number of hydrogen-bond donors (Lipinski definition) is 1. The Balaban J connectivity index is 1.62. The predicted molar refractivity (Wildman–Crippen MR) is 116 cm³/mol. The molecule has 0 aliphatic carbocycles. The number of nitriles is 1. The van der Waals surface area contributed by atoms with Gasteiger partial charge >= 0.3 is 0 Å². The van der Waals surface area contributed by atoms with Crippen LogP contribution in [0.3, 0.4) is 0 Å². The van der Waals surface area contributed by atoms with Crippen LogP contribution < -0.4 is 15.2 Å². The highest BCUT2D eigenvalue weighted by Crippen LogP contribution is 2.26. The zero-order valence-electron chi connectivity index (χ0n) is 18.2. The molecule has 1 saturated heterocycles. The van der Waals surface area contributed by atoms with Crippen molar-refractivity contribution in [2.75, 3.05) is 53.2 Å². The average molecular weight is 425 g/mol. The number of amides is 1. The van der Waals surface area contributed by atoms with Crippen molar-refractivity contribution >= 4 is 11.6 Å². The molecule has 2 aromatic rings. The zero-order valence-corrected chi connectivity index (χ0v) is 18.2. The van der Waals surface area contributed by atoms with Crippen LogP contribution in [0, 0.1) is 17.2 Å². The summed E-state index contributed by atoms with van der Waals surface area (Å²) in [5, 5.41) is 9.06. The van der Waals surface area contributed by atoms with Crippen molar-refractivity contribution in [2.45, 2.75) is 12.8 Å². The van der Waals surface area contributed by atoms with Crippen molar-refractivity contribution in [1.29, 1.82) is 5.26 Å². The van der Waals surface area contributed by atoms with Crippen LogP contribution in [0.25, 0.3) is 0 Å². The Morgan fingerprint density at radius 1 is 1.42 bits per heavy atom. The molecule has 0 unspecified atom stereocenters. The van der Waals surface area contributed by atoms with Crippen molar-refractivity contribution in [1.82, 2.24) is 19.8 Å². The summed E-state index contributed by atoms with van der Waals surface area (Å²) in [4.78, 5) is 25.4. The van der Waals surface area contributed by atoms with Crippen molar-refractivity contribution in [2.24, 2.45) is 5.92 Å². The third kappa shape index (κ3) is 5.61. The molecule has 1 aromatic carbocycles. The SMILES string of the molecule is COc1nc(C[C@@H]2CCN(C(=O)c3ccc(N)c(OCCN(C)C)c3)C2)ncc1C#N. The van der Waals surface area contributed by atoms with Gasteiger partial charge in [-0.15, -0.1) is 0 Å². The third-order valence-electron chi connectivity index (χ3n) is 5.22. The fourth-order valence-electron chi connectivity index (χ4n) is 3.49. The number of benzene rings is 1. The number of carbonyl (C=O) groups is 1. The summed E-state index contributed by atoms with van der Waals surface area (Å²) in [7, 11) is 5.42. The van der Waals surface area contributed by atoms with Gasteiger partial charge in [-0.25, -0.2) is 4.98 Å². The molecular formula is C22H28N6O3. The fourth-order valence-corrected chi connectivity index (χ4v) is 3.49. The first kappa shape index (κ1) is 22.3. The highest BCUT2D eigenvalue weighted by molar-refractivity contribution is 5.95. The van der Waals surface area contributed by atoms with Gasteiger partial charge in [0.15, 0.2) is 0 Å². The average Bonchev–Trinajstić information content (AvgIpc) is 3.22. The summed E-state index contributed by atoms with van der Waals surface area (Å²) in [5.41, 5.74) is 7.39. The van der Waals surface area contributed by atoms with E-state index in [0.29, 0.717) is 54.5 Å². The van der Waals surface area contributed by atoms with Gasteiger partial charge in [0.05, 0.1) is 19.0 Å². The highest BCUT2D eigenvalue weighted by atomic mass is 16.5. The largest absolute Gasteiger partial charge is 0.490 e. The van der Waals surface area contributed by atoms with E-state index in [-0.39, 0.29) is 17.7 Å². The van der Waals surface area contributed by atoms with E-state index >= 15 is 0 Å². The molecule has 2 heterocycles. The lowest BCUT2D eigenvalue weighted by Crippen LogP contribution is -2.29. The number of likely N-dealkylation sites (N-methyl/N-ethyl adjacent to an activating group) is 1. The number of anilines is 1. The molecule has 31 heavy (non-hydrogen) atoms. The second-order valence-electron chi connectivity index (χ2n) is 7.84. The maximum Gasteiger partial charge on any atom is 0.254 e. The van der Waals surface area contributed by atoms with Crippen LogP contribution in [-0.4, -0.2) is 73.1 Å². The minimum absolute atomic E-state index is 0.0433. The van der Waals surface area contributed by atoms with E-state index in [2.05, 4.69) is 9.97 Å². The number of carbonyl (C=O) groups excluding carboxylic acids is 1. The van der Waals surface area contributed by atoms with Crippen LogP contribution in [0.1, 0.15) is 28.2 Å². The number of nitrogen functional groups attached to an aromatic ring is 1. The Morgan fingerprint density at radius 3 is 2.94 bits per heavy atom. The molecule has 9 heteroatoms. The number of nitrogens with two attached hydrogens (primary N) is 1. The third-order valence-corrected chi connectivity index (χ3v) is 5.22. The number of likely N-dealkylation sites (tertiary alicyclic amines) is 1. The van der Waals surface area contributed by atoms with Gasteiger partial charge in [0, 0.05) is 31.6 Å². The normalized spacial score (nSPS) is 15.7. The van der Waals surface area contributed by atoms with E-state index in [0.717, 1.165) is 13.0 Å². The lowest BCUT2D eigenvalue weighted by molar-refractivity contribution is 0.0786. The second kappa shape index (κ2) is 10.1. The fraction of sp³-hybridized carbons (Fsp3) is 0.455. The van der Waals surface area contributed by atoms with E-state index in [1.54, 1.807) is 18.2 Å². The molecule has 0 bridgehead atoms. The van der Waals surface area contributed by atoms with Crippen LogP contribution in [0.4, 0.5) is 5.69 Å². The van der Waals surface area contributed by atoms with Crippen LogP contribution in [-0.2, 0) is 6.42 Å². The van der Waals surface area contributed by atoms with Gasteiger partial charge in [-0.05, 0) is 44.6 Å². The molecule has 0 spiro atoms. The Labute approximate surface area is 182 Å². The van der Waals surface area contributed by atoms with Crippen LogP contribution in [0.15, 0.2) is 24.4 Å². The van der Waals surface area contributed by atoms with Crippen molar-refractivity contribution < 1.29 is 14.3 Å². The smallest absolute Gasteiger partial charge is 0.254 e. The highest BCUT2D eigenvalue weighted by Gasteiger charge is 2.28. The molecule has 164 valence electrons. The Morgan fingerprint density at radius 2 is 2.23 bits per heavy atom. The van der Waals surface area contributed by atoms with Gasteiger partial charge in [-0.3, -0.25) is 4.79 Å². The van der Waals surface area contributed by atoms with E-state index in [4.69, 9.17) is 20.5 Å². The molecule has 3 rings (SSSR count). The first-order valence-electron chi connectivity index (χ1n) is 10.2. The Hall–Kier alpha value is -3.38. The van der Waals surface area contributed by atoms with Crippen LogP contribution >= 0.6 is 0 Å². The topological polar surface area (TPSA) is 118 Å². The second-order valence-corrected chi connectivity index (χ2v) is 7.84. The van der Waals surface area contributed by atoms with Gasteiger partial charge in [-0.2, -0.15) is 10.2 Å². The number of rotatable bonds is 8. The van der Waals surface area contributed by atoms with E-state index in [9.17, 15) is 4.79 Å². The molecule has 0 saturated carbocycles. The summed E-state index contributed by atoms with van der Waals surface area (Å²) in [6.07, 6.45) is 2.95. The summed E-state index contributed by atoms with van der Waals surface area (Å²) < 4.78 is 10.9. The first-order valence-corrected chi connectivity index (χ1v) is 10.2. The number of hydrogen-bond acceptors (Lipinski definition) is 8. The van der Waals surface area contributed by atoms with E-state index in [1.165, 1.54) is 13.3 Å². The number of methoxy groups -OCH3 is 1. The number of aromatic nitrogens is 2. The first-order chi connectivity index (χ1) is 14.9. The summed E-state index contributed by atoms with van der Waals surface area (Å²) in [6.45, 7) is 2.53. The monoisotopic (exact) mass is 424 g/mol. The molecule has 1 aliphatic rings.